The molecule has 0 radical (unpaired) electrons. The SMILES string of the molecule is CC(N)C(F)COCCOCCOCC(=O)O. The highest BCUT2D eigenvalue weighted by molar-refractivity contribution is 5.67. The van der Waals surface area contributed by atoms with Gasteiger partial charge in [0.15, 0.2) is 0 Å². The number of alkyl halides is 1. The van der Waals surface area contributed by atoms with Crippen LogP contribution in [-0.2, 0) is 19.0 Å². The lowest BCUT2D eigenvalue weighted by molar-refractivity contribution is -0.142. The molecule has 102 valence electrons. The van der Waals surface area contributed by atoms with Gasteiger partial charge in [-0.05, 0) is 6.92 Å². The standard InChI is InChI=1S/C10H20FNO5/c1-8(12)9(11)6-16-4-2-15-3-5-17-7-10(13)14/h8-9H,2-7,12H2,1H3,(H,13,14). The van der Waals surface area contributed by atoms with Gasteiger partial charge in [0.1, 0.15) is 12.8 Å². The highest BCUT2D eigenvalue weighted by atomic mass is 19.1. The van der Waals surface area contributed by atoms with Crippen LogP contribution in [-0.4, -0.2) is 62.9 Å². The summed E-state index contributed by atoms with van der Waals surface area (Å²) in [5.41, 5.74) is 5.31. The number of rotatable bonds is 11. The molecule has 0 aromatic carbocycles. The van der Waals surface area contributed by atoms with Gasteiger partial charge in [-0.15, -0.1) is 0 Å². The average Bonchev–Trinajstić information content (AvgIpc) is 2.25. The Morgan fingerprint density at radius 3 is 2.29 bits per heavy atom. The van der Waals surface area contributed by atoms with Crippen molar-refractivity contribution in [1.82, 2.24) is 0 Å². The van der Waals surface area contributed by atoms with Gasteiger partial charge in [0.05, 0.1) is 33.0 Å². The minimum atomic E-state index is -1.17. The van der Waals surface area contributed by atoms with Crippen molar-refractivity contribution in [2.45, 2.75) is 19.1 Å². The average molecular weight is 253 g/mol. The lowest BCUT2D eigenvalue weighted by Crippen LogP contribution is -2.32. The topological polar surface area (TPSA) is 91.0 Å². The van der Waals surface area contributed by atoms with Crippen LogP contribution in [0.1, 0.15) is 6.92 Å². The van der Waals surface area contributed by atoms with E-state index in [1.807, 2.05) is 0 Å². The summed E-state index contributed by atoms with van der Waals surface area (Å²) >= 11 is 0. The van der Waals surface area contributed by atoms with Crippen LogP contribution >= 0.6 is 0 Å². The molecule has 0 aromatic heterocycles. The summed E-state index contributed by atoms with van der Waals surface area (Å²) in [7, 11) is 0. The Labute approximate surface area is 99.8 Å². The van der Waals surface area contributed by atoms with E-state index in [2.05, 4.69) is 0 Å². The fourth-order valence-electron chi connectivity index (χ4n) is 0.845. The van der Waals surface area contributed by atoms with Crippen LogP contribution in [0.4, 0.5) is 4.39 Å². The van der Waals surface area contributed by atoms with Gasteiger partial charge < -0.3 is 25.1 Å². The smallest absolute Gasteiger partial charge is 0.329 e. The van der Waals surface area contributed by atoms with Crippen LogP contribution in [0, 0.1) is 0 Å². The summed E-state index contributed by atoms with van der Waals surface area (Å²) in [6, 6.07) is -0.541. The number of halogens is 1. The van der Waals surface area contributed by atoms with Crippen molar-refractivity contribution in [3.63, 3.8) is 0 Å². The molecule has 0 bridgehead atoms. The molecule has 0 saturated carbocycles. The third-order valence-corrected chi connectivity index (χ3v) is 1.82. The van der Waals surface area contributed by atoms with Crippen molar-refractivity contribution in [2.24, 2.45) is 5.73 Å². The third kappa shape index (κ3) is 11.5. The molecule has 0 heterocycles. The molecule has 0 aliphatic rings. The van der Waals surface area contributed by atoms with E-state index in [-0.39, 0.29) is 33.0 Å². The molecule has 0 rings (SSSR count). The number of hydrogen-bond donors (Lipinski definition) is 2. The number of carboxylic acid groups (broad SMARTS) is 1. The van der Waals surface area contributed by atoms with Gasteiger partial charge in [-0.1, -0.05) is 0 Å². The van der Waals surface area contributed by atoms with Crippen LogP contribution in [0.2, 0.25) is 0 Å². The second-order valence-corrected chi connectivity index (χ2v) is 3.51. The summed E-state index contributed by atoms with van der Waals surface area (Å²) < 4.78 is 27.7. The zero-order valence-electron chi connectivity index (χ0n) is 9.93. The molecule has 0 fully saturated rings. The lowest BCUT2D eigenvalue weighted by atomic mass is 10.2. The van der Waals surface area contributed by atoms with Gasteiger partial charge in [-0.25, -0.2) is 9.18 Å². The van der Waals surface area contributed by atoms with E-state index in [9.17, 15) is 9.18 Å². The first-order valence-corrected chi connectivity index (χ1v) is 5.38. The van der Waals surface area contributed by atoms with E-state index < -0.39 is 18.2 Å². The Balaban J connectivity index is 3.11. The summed E-state index contributed by atoms with van der Waals surface area (Å²) in [4.78, 5) is 10.1. The minimum absolute atomic E-state index is 0.0451. The first-order chi connectivity index (χ1) is 8.04. The second kappa shape index (κ2) is 10.4. The summed E-state index contributed by atoms with van der Waals surface area (Å²) in [5, 5.41) is 8.25. The molecule has 17 heavy (non-hydrogen) atoms. The number of aliphatic carboxylic acids is 1. The molecule has 3 N–H and O–H groups in total. The van der Waals surface area contributed by atoms with Crippen LogP contribution in [0.15, 0.2) is 0 Å². The number of carbonyl (C=O) groups is 1. The molecule has 7 heteroatoms. The van der Waals surface area contributed by atoms with Gasteiger partial charge in [-0.3, -0.25) is 0 Å². The molecule has 0 aliphatic carbocycles. The molecule has 2 atom stereocenters. The molecular weight excluding hydrogens is 233 g/mol. The zero-order chi connectivity index (χ0) is 13.1. The van der Waals surface area contributed by atoms with Gasteiger partial charge in [0.2, 0.25) is 0 Å². The number of hydrogen-bond acceptors (Lipinski definition) is 5. The number of ether oxygens (including phenoxy) is 3. The largest absolute Gasteiger partial charge is 0.480 e. The Morgan fingerprint density at radius 2 is 1.76 bits per heavy atom. The molecular formula is C10H20FNO5. The van der Waals surface area contributed by atoms with Crippen molar-refractivity contribution in [3.8, 4) is 0 Å². The van der Waals surface area contributed by atoms with Crippen molar-refractivity contribution in [3.05, 3.63) is 0 Å². The highest BCUT2D eigenvalue weighted by Crippen LogP contribution is 1.96. The molecule has 0 spiro atoms. The quantitative estimate of drug-likeness (QED) is 0.496. The summed E-state index contributed by atoms with van der Waals surface area (Å²) in [6.45, 7) is 2.26. The summed E-state index contributed by atoms with van der Waals surface area (Å²) in [5.74, 6) is -1.02. The van der Waals surface area contributed by atoms with Crippen molar-refractivity contribution in [2.75, 3.05) is 39.6 Å². The summed E-state index contributed by atoms with van der Waals surface area (Å²) in [6.07, 6.45) is -1.17. The minimum Gasteiger partial charge on any atom is -0.480 e. The maximum atomic E-state index is 12.9. The van der Waals surface area contributed by atoms with E-state index in [1.165, 1.54) is 0 Å². The first-order valence-electron chi connectivity index (χ1n) is 5.38. The fraction of sp³-hybridized carbons (Fsp3) is 0.900. The first kappa shape index (κ1) is 16.2. The van der Waals surface area contributed by atoms with E-state index in [1.54, 1.807) is 6.92 Å². The van der Waals surface area contributed by atoms with E-state index in [0.29, 0.717) is 6.61 Å². The van der Waals surface area contributed by atoms with Gasteiger partial charge in [0, 0.05) is 6.04 Å². The van der Waals surface area contributed by atoms with Crippen LogP contribution in [0.3, 0.4) is 0 Å². The fourth-order valence-corrected chi connectivity index (χ4v) is 0.845. The lowest BCUT2D eigenvalue weighted by Gasteiger charge is -2.12. The maximum absolute atomic E-state index is 12.9. The predicted octanol–water partition coefficient (Wildman–Crippen LogP) is -0.194. The van der Waals surface area contributed by atoms with Crippen molar-refractivity contribution >= 4 is 5.97 Å². The predicted molar refractivity (Wildman–Crippen MR) is 58.6 cm³/mol. The maximum Gasteiger partial charge on any atom is 0.329 e. The molecule has 0 aromatic rings. The molecule has 0 amide bonds. The molecule has 0 aliphatic heterocycles. The Hall–Kier alpha value is -0.760. The number of carboxylic acids is 1. The van der Waals surface area contributed by atoms with Crippen LogP contribution < -0.4 is 5.73 Å². The van der Waals surface area contributed by atoms with Crippen molar-refractivity contribution in [1.29, 1.82) is 0 Å². The Kier molecular flexibility index (Phi) is 9.93. The molecule has 0 saturated heterocycles. The number of nitrogens with two attached hydrogens (primary N) is 1. The normalized spacial score (nSPS) is 14.5. The monoisotopic (exact) mass is 253 g/mol. The Morgan fingerprint density at radius 1 is 1.24 bits per heavy atom. The van der Waals surface area contributed by atoms with Crippen molar-refractivity contribution < 1.29 is 28.5 Å². The Bertz CT molecular complexity index is 203. The van der Waals surface area contributed by atoms with Crippen LogP contribution in [0.5, 0.6) is 0 Å². The van der Waals surface area contributed by atoms with Gasteiger partial charge >= 0.3 is 5.97 Å². The van der Waals surface area contributed by atoms with E-state index in [4.69, 9.17) is 25.1 Å². The molecule has 2 unspecified atom stereocenters. The van der Waals surface area contributed by atoms with Gasteiger partial charge in [-0.2, -0.15) is 0 Å². The molecule has 6 nitrogen and oxygen atoms in total. The van der Waals surface area contributed by atoms with Gasteiger partial charge in [0.25, 0.3) is 0 Å². The second-order valence-electron chi connectivity index (χ2n) is 3.51. The van der Waals surface area contributed by atoms with E-state index in [0.717, 1.165) is 0 Å². The third-order valence-electron chi connectivity index (χ3n) is 1.82. The van der Waals surface area contributed by atoms with Crippen LogP contribution in [0.25, 0.3) is 0 Å². The van der Waals surface area contributed by atoms with E-state index >= 15 is 0 Å². The highest BCUT2D eigenvalue weighted by Gasteiger charge is 2.11. The zero-order valence-corrected chi connectivity index (χ0v) is 9.93.